The highest BCUT2D eigenvalue weighted by Crippen LogP contribution is 2.24. The largest absolute Gasteiger partial charge is 0.291 e. The van der Waals surface area contributed by atoms with Crippen molar-refractivity contribution in [3.05, 3.63) is 129 Å². The predicted molar refractivity (Wildman–Crippen MR) is 134 cm³/mol. The quantitative estimate of drug-likeness (QED) is 0.387. The topological polar surface area (TPSA) is 65.1 Å². The van der Waals surface area contributed by atoms with E-state index in [1.807, 2.05) is 108 Å². The zero-order valence-electron chi connectivity index (χ0n) is 18.1. The Morgan fingerprint density at radius 2 is 1.50 bits per heavy atom. The first-order chi connectivity index (χ1) is 16.7. The Morgan fingerprint density at radius 3 is 2.21 bits per heavy atom. The van der Waals surface area contributed by atoms with Crippen LogP contribution in [0.1, 0.15) is 17.0 Å². The molecule has 164 valence electrons. The van der Waals surface area contributed by atoms with Crippen LogP contribution in [-0.2, 0) is 6.42 Å². The maximum atomic E-state index is 13.1. The van der Waals surface area contributed by atoms with E-state index in [-0.39, 0.29) is 5.56 Å². The number of aromatic nitrogens is 5. The molecule has 0 saturated carbocycles. The summed E-state index contributed by atoms with van der Waals surface area (Å²) < 4.78 is 3.82. The van der Waals surface area contributed by atoms with Crippen molar-refractivity contribution in [1.82, 2.24) is 24.4 Å². The highest BCUT2D eigenvalue weighted by molar-refractivity contribution is 7.15. The fourth-order valence-corrected chi connectivity index (χ4v) is 4.81. The number of thiazole rings is 1. The van der Waals surface area contributed by atoms with E-state index >= 15 is 0 Å². The molecule has 0 saturated heterocycles. The van der Waals surface area contributed by atoms with Crippen LogP contribution < -0.4 is 10.1 Å². The Hall–Kier alpha value is -4.36. The minimum absolute atomic E-state index is 0.168. The van der Waals surface area contributed by atoms with Gasteiger partial charge in [0.1, 0.15) is 0 Å². The summed E-state index contributed by atoms with van der Waals surface area (Å²) in [7, 11) is 0. The molecule has 34 heavy (non-hydrogen) atoms. The van der Waals surface area contributed by atoms with Gasteiger partial charge in [-0.1, -0.05) is 90.2 Å². The van der Waals surface area contributed by atoms with Crippen molar-refractivity contribution >= 4 is 22.4 Å². The summed E-state index contributed by atoms with van der Waals surface area (Å²) in [4.78, 5) is 18.3. The smallest absolute Gasteiger partial charge is 0.266 e. The number of nitrogens with zero attached hydrogens (tertiary/aromatic N) is 5. The Morgan fingerprint density at radius 1 is 0.824 bits per heavy atom. The summed E-state index contributed by atoms with van der Waals surface area (Å²) in [5.74, 6) is 0.642. The molecule has 3 heterocycles. The Bertz CT molecular complexity index is 1690. The molecule has 0 aliphatic rings. The lowest BCUT2D eigenvalue weighted by Gasteiger charge is -2.00. The molecule has 0 unspecified atom stereocenters. The Balaban J connectivity index is 1.44. The second-order valence-electron chi connectivity index (χ2n) is 7.88. The fourth-order valence-electron chi connectivity index (χ4n) is 3.90. The highest BCUT2D eigenvalue weighted by atomic mass is 32.1. The SMILES string of the molecule is O=c1c(=Cc2cn(-c3ccccc3)nc2-c2ccccc2)sc2nc(Cc3ccccc3)nn12. The fraction of sp³-hybridized carbons (Fsp3) is 0.0370. The Kier molecular flexibility index (Phi) is 5.08. The van der Waals surface area contributed by atoms with Gasteiger partial charge in [-0.25, -0.2) is 9.67 Å². The number of fused-ring (bicyclic) bond motifs is 1. The van der Waals surface area contributed by atoms with Crippen molar-refractivity contribution in [2.45, 2.75) is 6.42 Å². The molecule has 0 amide bonds. The van der Waals surface area contributed by atoms with E-state index in [0.717, 1.165) is 28.1 Å². The molecule has 0 atom stereocenters. The van der Waals surface area contributed by atoms with Crippen molar-refractivity contribution in [2.24, 2.45) is 0 Å². The molecule has 0 aliphatic heterocycles. The summed E-state index contributed by atoms with van der Waals surface area (Å²) in [6, 6.07) is 29.9. The third-order valence-electron chi connectivity index (χ3n) is 5.53. The monoisotopic (exact) mass is 461 g/mol. The van der Waals surface area contributed by atoms with Gasteiger partial charge in [0.15, 0.2) is 5.82 Å². The summed E-state index contributed by atoms with van der Waals surface area (Å²) in [6.07, 6.45) is 4.43. The van der Waals surface area contributed by atoms with E-state index < -0.39 is 0 Å². The van der Waals surface area contributed by atoms with Crippen LogP contribution in [0, 0.1) is 0 Å². The van der Waals surface area contributed by atoms with E-state index in [4.69, 9.17) is 5.10 Å². The van der Waals surface area contributed by atoms with Gasteiger partial charge in [-0.15, -0.1) is 5.10 Å². The first kappa shape index (κ1) is 20.3. The third kappa shape index (κ3) is 3.82. The second-order valence-corrected chi connectivity index (χ2v) is 8.89. The normalized spacial score (nSPS) is 11.9. The molecular formula is C27H19N5OS. The number of hydrogen-bond donors (Lipinski definition) is 0. The lowest BCUT2D eigenvalue weighted by molar-refractivity contribution is 0.878. The summed E-state index contributed by atoms with van der Waals surface area (Å²) in [6.45, 7) is 0. The van der Waals surface area contributed by atoms with Crippen LogP contribution >= 0.6 is 11.3 Å². The predicted octanol–water partition coefficient (Wildman–Crippen LogP) is 4.14. The molecule has 0 fully saturated rings. The number of hydrogen-bond acceptors (Lipinski definition) is 5. The summed E-state index contributed by atoms with van der Waals surface area (Å²) in [5, 5.41) is 9.29. The molecule has 0 radical (unpaired) electrons. The van der Waals surface area contributed by atoms with Crippen molar-refractivity contribution in [2.75, 3.05) is 0 Å². The van der Waals surface area contributed by atoms with Crippen LogP contribution in [0.2, 0.25) is 0 Å². The third-order valence-corrected chi connectivity index (χ3v) is 6.49. The van der Waals surface area contributed by atoms with E-state index in [1.165, 1.54) is 15.9 Å². The molecule has 0 bridgehead atoms. The second kappa shape index (κ2) is 8.53. The zero-order valence-corrected chi connectivity index (χ0v) is 18.9. The highest BCUT2D eigenvalue weighted by Gasteiger charge is 2.14. The van der Waals surface area contributed by atoms with Gasteiger partial charge >= 0.3 is 0 Å². The molecule has 6 aromatic rings. The van der Waals surface area contributed by atoms with E-state index in [9.17, 15) is 4.79 Å². The molecule has 0 N–H and O–H groups in total. The lowest BCUT2D eigenvalue weighted by Crippen LogP contribution is -2.23. The van der Waals surface area contributed by atoms with Gasteiger partial charge in [0.25, 0.3) is 5.56 Å². The first-order valence-electron chi connectivity index (χ1n) is 10.9. The number of benzene rings is 3. The first-order valence-corrected chi connectivity index (χ1v) is 11.7. The zero-order chi connectivity index (χ0) is 22.9. The van der Waals surface area contributed by atoms with E-state index in [1.54, 1.807) is 0 Å². The lowest BCUT2D eigenvalue weighted by atomic mass is 10.1. The molecule has 3 aromatic heterocycles. The van der Waals surface area contributed by atoms with Crippen molar-refractivity contribution < 1.29 is 0 Å². The van der Waals surface area contributed by atoms with Crippen LogP contribution in [0.4, 0.5) is 0 Å². The molecule has 7 heteroatoms. The number of para-hydroxylation sites is 1. The number of rotatable bonds is 5. The van der Waals surface area contributed by atoms with Crippen LogP contribution in [0.15, 0.2) is 102 Å². The molecule has 6 rings (SSSR count). The van der Waals surface area contributed by atoms with Crippen LogP contribution in [0.3, 0.4) is 0 Å². The minimum Gasteiger partial charge on any atom is -0.266 e. The van der Waals surface area contributed by atoms with Gasteiger partial charge < -0.3 is 0 Å². The average Bonchev–Trinajstić information content (AvgIpc) is 3.56. The average molecular weight is 462 g/mol. The Labute approximate surface area is 199 Å². The molecular weight excluding hydrogens is 442 g/mol. The summed E-state index contributed by atoms with van der Waals surface area (Å²) >= 11 is 1.34. The maximum Gasteiger partial charge on any atom is 0.291 e. The van der Waals surface area contributed by atoms with Crippen molar-refractivity contribution in [3.63, 3.8) is 0 Å². The maximum absolute atomic E-state index is 13.1. The van der Waals surface area contributed by atoms with Crippen molar-refractivity contribution in [3.8, 4) is 16.9 Å². The van der Waals surface area contributed by atoms with Gasteiger partial charge in [0.2, 0.25) is 4.96 Å². The van der Waals surface area contributed by atoms with Gasteiger partial charge in [-0.3, -0.25) is 4.79 Å². The van der Waals surface area contributed by atoms with Gasteiger partial charge in [0.05, 0.1) is 15.9 Å². The minimum atomic E-state index is -0.168. The van der Waals surface area contributed by atoms with E-state index in [2.05, 4.69) is 10.1 Å². The van der Waals surface area contributed by atoms with Gasteiger partial charge in [-0.05, 0) is 23.8 Å². The van der Waals surface area contributed by atoms with Crippen LogP contribution in [0.5, 0.6) is 0 Å². The molecule has 6 nitrogen and oxygen atoms in total. The van der Waals surface area contributed by atoms with Crippen LogP contribution in [-0.4, -0.2) is 24.4 Å². The molecule has 0 spiro atoms. The standard InChI is InChI=1S/C27H19N5OS/c33-26-23(34-27-28-24(29-32(26)27)16-19-10-4-1-5-11-19)17-21-18-31(22-14-8-3-9-15-22)30-25(21)20-12-6-2-7-13-20/h1-15,17-18H,16H2. The van der Waals surface area contributed by atoms with E-state index in [0.29, 0.717) is 21.7 Å². The summed E-state index contributed by atoms with van der Waals surface area (Å²) in [5.41, 5.74) is 4.56. The molecule has 0 aliphatic carbocycles. The van der Waals surface area contributed by atoms with Gasteiger partial charge in [0, 0.05) is 23.7 Å². The van der Waals surface area contributed by atoms with Crippen molar-refractivity contribution in [1.29, 1.82) is 0 Å². The van der Waals surface area contributed by atoms with Gasteiger partial charge in [-0.2, -0.15) is 9.61 Å². The van der Waals surface area contributed by atoms with Crippen LogP contribution in [0.25, 0.3) is 28.0 Å². The molecule has 3 aromatic carbocycles.